The lowest BCUT2D eigenvalue weighted by Gasteiger charge is -2.26. The van der Waals surface area contributed by atoms with Gasteiger partial charge in [-0.15, -0.1) is 0 Å². The second kappa shape index (κ2) is 7.98. The average molecular weight is 441 g/mol. The molecule has 3 aromatic carbocycles. The van der Waals surface area contributed by atoms with Crippen LogP contribution in [0.4, 0.5) is 26.3 Å². The molecule has 0 amide bonds. The van der Waals surface area contributed by atoms with E-state index in [1.54, 1.807) is 18.2 Å². The normalized spacial score (nSPS) is 19.1. The molecule has 31 heavy (non-hydrogen) atoms. The first-order chi connectivity index (χ1) is 14.6. The standard InChI is InChI=1S/C23H21F6NO/c24-22(25,26)14-9-13-10-18(20(31)12-15-5-3-4-8-30-15)16-6-1-2-7-17(16)21(13)19(11-14)23(27,28)29/h1-2,6-7,9-11,15,20,30-31H,3-5,8,12H2. The summed E-state index contributed by atoms with van der Waals surface area (Å²) in [5.74, 6) is 0. The van der Waals surface area contributed by atoms with Crippen LogP contribution in [0.3, 0.4) is 0 Å². The van der Waals surface area contributed by atoms with Crippen LogP contribution in [0.2, 0.25) is 0 Å². The summed E-state index contributed by atoms with van der Waals surface area (Å²) in [6.45, 7) is 0.819. The number of halogens is 6. The van der Waals surface area contributed by atoms with Crippen molar-refractivity contribution in [2.45, 2.75) is 50.2 Å². The molecule has 2 nitrogen and oxygen atoms in total. The zero-order valence-corrected chi connectivity index (χ0v) is 16.4. The van der Waals surface area contributed by atoms with Crippen molar-refractivity contribution in [1.82, 2.24) is 5.32 Å². The lowest BCUT2D eigenvalue weighted by Crippen LogP contribution is -2.35. The number of piperidine rings is 1. The highest BCUT2D eigenvalue weighted by molar-refractivity contribution is 6.11. The zero-order chi connectivity index (χ0) is 22.4. The Bertz CT molecular complexity index is 1100. The highest BCUT2D eigenvalue weighted by Gasteiger charge is 2.38. The molecular weight excluding hydrogens is 420 g/mol. The van der Waals surface area contributed by atoms with Gasteiger partial charge in [-0.3, -0.25) is 0 Å². The SMILES string of the molecule is OC(CC1CCCCN1)c1cc2cc(C(F)(F)F)cc(C(F)(F)F)c2c2ccccc12. The van der Waals surface area contributed by atoms with Crippen LogP contribution in [-0.4, -0.2) is 17.7 Å². The molecule has 0 radical (unpaired) electrons. The lowest BCUT2D eigenvalue weighted by molar-refractivity contribution is -0.142. The fraction of sp³-hybridized carbons (Fsp3) is 0.391. The van der Waals surface area contributed by atoms with Crippen molar-refractivity contribution in [2.24, 2.45) is 0 Å². The predicted molar refractivity (Wildman–Crippen MR) is 107 cm³/mol. The summed E-state index contributed by atoms with van der Waals surface area (Å²) in [7, 11) is 0. The Morgan fingerprint density at radius 3 is 2.26 bits per heavy atom. The molecule has 0 aliphatic carbocycles. The molecule has 8 heteroatoms. The van der Waals surface area contributed by atoms with E-state index >= 15 is 0 Å². The molecule has 1 aliphatic rings. The maximum absolute atomic E-state index is 13.8. The molecule has 166 valence electrons. The molecule has 0 spiro atoms. The first-order valence-electron chi connectivity index (χ1n) is 10.1. The summed E-state index contributed by atoms with van der Waals surface area (Å²) in [4.78, 5) is 0. The highest BCUT2D eigenvalue weighted by atomic mass is 19.4. The van der Waals surface area contributed by atoms with Crippen molar-refractivity contribution < 1.29 is 31.4 Å². The summed E-state index contributed by atoms with van der Waals surface area (Å²) >= 11 is 0. The van der Waals surface area contributed by atoms with Crippen LogP contribution in [0, 0.1) is 0 Å². The smallest absolute Gasteiger partial charge is 0.388 e. The number of aliphatic hydroxyl groups excluding tert-OH is 1. The number of aliphatic hydroxyl groups is 1. The first-order valence-corrected chi connectivity index (χ1v) is 10.1. The van der Waals surface area contributed by atoms with E-state index in [1.807, 2.05) is 0 Å². The molecular formula is C23H21F6NO. The highest BCUT2D eigenvalue weighted by Crippen LogP contribution is 2.44. The van der Waals surface area contributed by atoms with Crippen LogP contribution in [0.25, 0.3) is 21.5 Å². The minimum atomic E-state index is -4.96. The van der Waals surface area contributed by atoms with Crippen LogP contribution in [0.1, 0.15) is 48.5 Å². The third-order valence-corrected chi connectivity index (χ3v) is 5.90. The lowest BCUT2D eigenvalue weighted by atomic mass is 9.88. The molecule has 4 rings (SSSR count). The van der Waals surface area contributed by atoms with Crippen LogP contribution in [0.5, 0.6) is 0 Å². The van der Waals surface area contributed by atoms with Crippen molar-refractivity contribution >= 4 is 21.5 Å². The number of nitrogens with one attached hydrogen (secondary N) is 1. The number of hydrogen-bond acceptors (Lipinski definition) is 2. The van der Waals surface area contributed by atoms with E-state index in [-0.39, 0.29) is 28.3 Å². The van der Waals surface area contributed by atoms with Gasteiger partial charge >= 0.3 is 12.4 Å². The molecule has 0 saturated carbocycles. The Hall–Kier alpha value is -2.32. The van der Waals surface area contributed by atoms with Gasteiger partial charge in [0.1, 0.15) is 0 Å². The maximum Gasteiger partial charge on any atom is 0.417 e. The van der Waals surface area contributed by atoms with E-state index in [2.05, 4.69) is 5.32 Å². The van der Waals surface area contributed by atoms with Crippen LogP contribution >= 0.6 is 0 Å². The third kappa shape index (κ3) is 4.36. The van der Waals surface area contributed by atoms with Crippen molar-refractivity contribution in [3.8, 4) is 0 Å². The minimum absolute atomic E-state index is 0.0467. The van der Waals surface area contributed by atoms with E-state index in [1.165, 1.54) is 12.1 Å². The second-order valence-corrected chi connectivity index (χ2v) is 8.03. The Morgan fingerprint density at radius 2 is 1.65 bits per heavy atom. The number of fused-ring (bicyclic) bond motifs is 3. The topological polar surface area (TPSA) is 32.3 Å². The number of hydrogen-bond donors (Lipinski definition) is 2. The third-order valence-electron chi connectivity index (χ3n) is 5.90. The van der Waals surface area contributed by atoms with Gasteiger partial charge in [-0.1, -0.05) is 30.7 Å². The van der Waals surface area contributed by atoms with Crippen LogP contribution < -0.4 is 5.32 Å². The molecule has 1 heterocycles. The molecule has 0 aromatic heterocycles. The molecule has 2 unspecified atom stereocenters. The molecule has 0 bridgehead atoms. The fourth-order valence-corrected chi connectivity index (χ4v) is 4.46. The quantitative estimate of drug-likeness (QED) is 0.355. The zero-order valence-electron chi connectivity index (χ0n) is 16.4. The van der Waals surface area contributed by atoms with Gasteiger partial charge in [-0.25, -0.2) is 0 Å². The maximum atomic E-state index is 13.8. The summed E-state index contributed by atoms with van der Waals surface area (Å²) in [6.07, 6.45) is -7.68. The minimum Gasteiger partial charge on any atom is -0.388 e. The van der Waals surface area contributed by atoms with Gasteiger partial charge in [0.25, 0.3) is 0 Å². The van der Waals surface area contributed by atoms with E-state index in [9.17, 15) is 31.4 Å². The van der Waals surface area contributed by atoms with E-state index in [0.29, 0.717) is 17.4 Å². The summed E-state index contributed by atoms with van der Waals surface area (Å²) in [5, 5.41) is 14.3. The number of alkyl halides is 6. The van der Waals surface area contributed by atoms with Gasteiger partial charge in [0.05, 0.1) is 17.2 Å². The van der Waals surface area contributed by atoms with Gasteiger partial charge in [0, 0.05) is 11.4 Å². The van der Waals surface area contributed by atoms with Gasteiger partial charge in [0.15, 0.2) is 0 Å². The van der Waals surface area contributed by atoms with E-state index < -0.39 is 29.6 Å². The Morgan fingerprint density at radius 1 is 0.935 bits per heavy atom. The molecule has 3 aromatic rings. The van der Waals surface area contributed by atoms with Crippen molar-refractivity contribution in [3.05, 3.63) is 59.2 Å². The fourth-order valence-electron chi connectivity index (χ4n) is 4.46. The van der Waals surface area contributed by atoms with Gasteiger partial charge in [0.2, 0.25) is 0 Å². The van der Waals surface area contributed by atoms with Crippen molar-refractivity contribution in [3.63, 3.8) is 0 Å². The van der Waals surface area contributed by atoms with Crippen molar-refractivity contribution in [2.75, 3.05) is 6.54 Å². The van der Waals surface area contributed by atoms with Gasteiger partial charge in [-0.05, 0) is 65.7 Å². The predicted octanol–water partition coefficient (Wildman–Crippen LogP) is 6.60. The molecule has 1 fully saturated rings. The molecule has 1 aliphatic heterocycles. The monoisotopic (exact) mass is 441 g/mol. The number of rotatable bonds is 3. The van der Waals surface area contributed by atoms with Crippen molar-refractivity contribution in [1.29, 1.82) is 0 Å². The second-order valence-electron chi connectivity index (χ2n) is 8.03. The van der Waals surface area contributed by atoms with Gasteiger partial charge in [-0.2, -0.15) is 26.3 Å². The Labute approximate surface area is 174 Å². The Balaban J connectivity index is 1.95. The van der Waals surface area contributed by atoms with Gasteiger partial charge < -0.3 is 10.4 Å². The van der Waals surface area contributed by atoms with Crippen LogP contribution in [0.15, 0.2) is 42.5 Å². The molecule has 2 N–H and O–H groups in total. The summed E-state index contributed by atoms with van der Waals surface area (Å²) in [6, 6.07) is 8.44. The van der Waals surface area contributed by atoms with Crippen LogP contribution in [-0.2, 0) is 12.4 Å². The largest absolute Gasteiger partial charge is 0.417 e. The Kier molecular flexibility index (Phi) is 5.64. The average Bonchev–Trinajstić information content (AvgIpc) is 2.71. The van der Waals surface area contributed by atoms with E-state index in [4.69, 9.17) is 0 Å². The number of benzene rings is 3. The molecule has 1 saturated heterocycles. The first kappa shape index (κ1) is 21.9. The van der Waals surface area contributed by atoms with E-state index in [0.717, 1.165) is 31.9 Å². The summed E-state index contributed by atoms with van der Waals surface area (Å²) in [5.41, 5.74) is -2.36. The molecule has 2 atom stereocenters. The summed E-state index contributed by atoms with van der Waals surface area (Å²) < 4.78 is 81.3.